The van der Waals surface area contributed by atoms with E-state index in [9.17, 15) is 0 Å². The highest BCUT2D eigenvalue weighted by Gasteiger charge is 2.19. The van der Waals surface area contributed by atoms with E-state index in [0.717, 1.165) is 41.0 Å². The molecule has 8 heteroatoms. The van der Waals surface area contributed by atoms with E-state index >= 15 is 0 Å². The van der Waals surface area contributed by atoms with Gasteiger partial charge in [0.1, 0.15) is 0 Å². The SMILES string of the molecule is CC.CC(C)(C)S/N=C/c1c[nH][n+]2c(NCc3cccnc3)cc(-c3ccccc3)nc12.CO. The minimum atomic E-state index is 0.0643. The van der Waals surface area contributed by atoms with Crippen LogP contribution in [0, 0.1) is 0 Å². The zero-order valence-corrected chi connectivity index (χ0v) is 21.6. The number of hydrogen-bond acceptors (Lipinski definition) is 6. The van der Waals surface area contributed by atoms with Gasteiger partial charge >= 0.3 is 0 Å². The molecule has 7 nitrogen and oxygen atoms in total. The lowest BCUT2D eigenvalue weighted by Crippen LogP contribution is -2.29. The summed E-state index contributed by atoms with van der Waals surface area (Å²) >= 11 is 1.55. The van der Waals surface area contributed by atoms with Gasteiger partial charge in [0.15, 0.2) is 5.69 Å². The molecule has 0 atom stereocenters. The van der Waals surface area contributed by atoms with Crippen molar-refractivity contribution < 1.29 is 9.62 Å². The quantitative estimate of drug-likeness (QED) is 0.198. The molecule has 0 amide bonds. The first-order valence-electron chi connectivity index (χ1n) is 11.3. The molecule has 0 aliphatic rings. The molecule has 4 rings (SSSR count). The molecule has 0 aliphatic carbocycles. The van der Waals surface area contributed by atoms with Crippen molar-refractivity contribution in [3.63, 3.8) is 0 Å². The van der Waals surface area contributed by atoms with Gasteiger partial charge in [-0.2, -0.15) is 0 Å². The highest BCUT2D eigenvalue weighted by Crippen LogP contribution is 2.24. The van der Waals surface area contributed by atoms with E-state index in [2.05, 4.69) is 64.8 Å². The van der Waals surface area contributed by atoms with Crippen LogP contribution in [0.3, 0.4) is 0 Å². The van der Waals surface area contributed by atoms with E-state index in [-0.39, 0.29) is 4.75 Å². The predicted molar refractivity (Wildman–Crippen MR) is 143 cm³/mol. The van der Waals surface area contributed by atoms with Gasteiger partial charge in [-0.15, -0.1) is 9.50 Å². The Bertz CT molecular complexity index is 1150. The molecule has 0 saturated carbocycles. The third kappa shape index (κ3) is 7.67. The van der Waals surface area contributed by atoms with Crippen molar-refractivity contribution in [2.75, 3.05) is 12.4 Å². The number of anilines is 1. The van der Waals surface area contributed by atoms with Crippen molar-refractivity contribution in [1.29, 1.82) is 0 Å². The molecule has 0 unspecified atom stereocenters. The summed E-state index contributed by atoms with van der Waals surface area (Å²) in [6.07, 6.45) is 7.45. The average molecular weight is 480 g/mol. The smallest absolute Gasteiger partial charge is 0.295 e. The second-order valence-electron chi connectivity index (χ2n) is 7.93. The van der Waals surface area contributed by atoms with Gasteiger partial charge in [-0.05, 0) is 38.8 Å². The molecule has 3 heterocycles. The third-order valence-electron chi connectivity index (χ3n) is 4.34. The van der Waals surface area contributed by atoms with E-state index in [1.54, 1.807) is 18.1 Å². The number of fused-ring (bicyclic) bond motifs is 1. The van der Waals surface area contributed by atoms with Crippen molar-refractivity contribution in [3.05, 3.63) is 78.2 Å². The van der Waals surface area contributed by atoms with Crippen molar-refractivity contribution >= 4 is 29.6 Å². The topological polar surface area (TPSA) is 90.3 Å². The summed E-state index contributed by atoms with van der Waals surface area (Å²) in [6.45, 7) is 11.1. The first kappa shape index (κ1) is 27.0. The van der Waals surface area contributed by atoms with Gasteiger partial charge in [0.25, 0.3) is 5.65 Å². The molecule has 0 aliphatic heterocycles. The molecule has 0 radical (unpaired) electrons. The van der Waals surface area contributed by atoms with Crippen LogP contribution in [-0.4, -0.2) is 38.2 Å². The summed E-state index contributed by atoms with van der Waals surface area (Å²) in [5.41, 5.74) is 4.84. The number of aliphatic hydroxyl groups excluding tert-OH is 1. The Morgan fingerprint density at radius 3 is 2.50 bits per heavy atom. The molecule has 34 heavy (non-hydrogen) atoms. The molecule has 0 saturated heterocycles. The van der Waals surface area contributed by atoms with Crippen LogP contribution in [0.2, 0.25) is 0 Å². The van der Waals surface area contributed by atoms with Gasteiger partial charge in [0, 0.05) is 41.6 Å². The van der Waals surface area contributed by atoms with Crippen LogP contribution in [0.1, 0.15) is 45.7 Å². The number of nitrogens with one attached hydrogen (secondary N) is 2. The number of nitrogens with zero attached hydrogens (tertiary/aromatic N) is 4. The van der Waals surface area contributed by atoms with Crippen molar-refractivity contribution in [2.45, 2.75) is 45.9 Å². The third-order valence-corrected chi connectivity index (χ3v) is 5.10. The van der Waals surface area contributed by atoms with Crippen LogP contribution >= 0.6 is 11.9 Å². The highest BCUT2D eigenvalue weighted by atomic mass is 32.2. The molecular weight excluding hydrogens is 444 g/mol. The van der Waals surface area contributed by atoms with Gasteiger partial charge < -0.3 is 5.11 Å². The minimum Gasteiger partial charge on any atom is -0.400 e. The summed E-state index contributed by atoms with van der Waals surface area (Å²) < 4.78 is 6.57. The zero-order valence-electron chi connectivity index (χ0n) is 20.8. The van der Waals surface area contributed by atoms with E-state index in [0.29, 0.717) is 6.54 Å². The normalized spacial score (nSPS) is 10.9. The molecule has 180 valence electrons. The Balaban J connectivity index is 0.000000970. The number of rotatable bonds is 6. The van der Waals surface area contributed by atoms with Crippen LogP contribution in [0.15, 0.2) is 71.5 Å². The largest absolute Gasteiger partial charge is 0.400 e. The molecule has 0 fully saturated rings. The fourth-order valence-electron chi connectivity index (χ4n) is 2.95. The van der Waals surface area contributed by atoms with Crippen LogP contribution in [0.25, 0.3) is 16.9 Å². The van der Waals surface area contributed by atoms with Gasteiger partial charge in [0.2, 0.25) is 5.82 Å². The summed E-state index contributed by atoms with van der Waals surface area (Å²) in [6, 6.07) is 16.2. The molecule has 0 spiro atoms. The van der Waals surface area contributed by atoms with Crippen LogP contribution in [0.4, 0.5) is 5.82 Å². The number of pyridine rings is 1. The standard InChI is InChI=1S/C23H24N6S.C2H6.CH4O/c1-23(2,3)30-27-16-19-15-26-29-21(25-14-17-8-7-11-24-13-17)12-20(28-22(19)29)18-9-5-4-6-10-18;2*1-2/h4-13,15-16H,14H2,1-3H3,(H,25,26,27,28);1-2H3;2H,1H3/p+1. The Hall–Kier alpha value is -3.23. The Labute approximate surface area is 206 Å². The average Bonchev–Trinajstić information content (AvgIpc) is 3.28. The monoisotopic (exact) mass is 479 g/mol. The van der Waals surface area contributed by atoms with E-state index in [1.807, 2.05) is 61.2 Å². The maximum absolute atomic E-state index is 7.00. The summed E-state index contributed by atoms with van der Waals surface area (Å²) in [5, 5.41) is 13.8. The number of benzene rings is 1. The maximum atomic E-state index is 7.00. The fraction of sp³-hybridized carbons (Fsp3) is 0.308. The second kappa shape index (κ2) is 13.5. The Morgan fingerprint density at radius 1 is 1.12 bits per heavy atom. The number of aliphatic hydroxyl groups is 1. The van der Waals surface area contributed by atoms with Gasteiger partial charge in [-0.1, -0.05) is 50.2 Å². The lowest BCUT2D eigenvalue weighted by Gasteiger charge is -2.11. The minimum absolute atomic E-state index is 0.0643. The molecule has 3 aromatic heterocycles. The lowest BCUT2D eigenvalue weighted by atomic mass is 10.1. The second-order valence-corrected chi connectivity index (χ2v) is 9.55. The Morgan fingerprint density at radius 2 is 1.85 bits per heavy atom. The van der Waals surface area contributed by atoms with Gasteiger partial charge in [0.05, 0.1) is 24.4 Å². The fourth-order valence-corrected chi connectivity index (χ4v) is 3.43. The van der Waals surface area contributed by atoms with Crippen LogP contribution in [0.5, 0.6) is 0 Å². The van der Waals surface area contributed by atoms with E-state index in [1.165, 1.54) is 0 Å². The van der Waals surface area contributed by atoms with E-state index in [4.69, 9.17) is 10.1 Å². The Kier molecular flexibility index (Phi) is 10.7. The van der Waals surface area contributed by atoms with Crippen LogP contribution < -0.4 is 9.83 Å². The van der Waals surface area contributed by atoms with Crippen LogP contribution in [-0.2, 0) is 6.54 Å². The summed E-state index contributed by atoms with van der Waals surface area (Å²) in [4.78, 5) is 9.11. The molecule has 1 aromatic carbocycles. The molecule has 0 bridgehead atoms. The number of hydrogen-bond donors (Lipinski definition) is 3. The maximum Gasteiger partial charge on any atom is 0.295 e. The van der Waals surface area contributed by atoms with E-state index < -0.39 is 0 Å². The highest BCUT2D eigenvalue weighted by molar-refractivity contribution is 7.99. The lowest BCUT2D eigenvalue weighted by molar-refractivity contribution is -0.564. The van der Waals surface area contributed by atoms with Gasteiger partial charge in [-0.25, -0.2) is 4.40 Å². The van der Waals surface area contributed by atoms with Gasteiger partial charge in [-0.3, -0.25) is 15.4 Å². The molecule has 4 aromatic rings. The number of H-pyrrole nitrogens is 1. The zero-order chi connectivity index (χ0) is 25.0. The molecule has 3 N–H and O–H groups in total. The molecular formula is C26H35N6OS+. The number of aromatic amines is 1. The predicted octanol–water partition coefficient (Wildman–Crippen LogP) is 5.32. The van der Waals surface area contributed by atoms with Crippen molar-refractivity contribution in [1.82, 2.24) is 15.1 Å². The summed E-state index contributed by atoms with van der Waals surface area (Å²) in [7, 11) is 1.00. The first-order chi connectivity index (χ1) is 16.5. The van der Waals surface area contributed by atoms with Crippen molar-refractivity contribution in [3.8, 4) is 11.3 Å². The first-order valence-corrected chi connectivity index (χ1v) is 12.1. The van der Waals surface area contributed by atoms with Crippen molar-refractivity contribution in [2.24, 2.45) is 4.40 Å². The summed E-state index contributed by atoms with van der Waals surface area (Å²) in [5.74, 6) is 0.922. The number of aromatic nitrogens is 4.